The summed E-state index contributed by atoms with van der Waals surface area (Å²) in [6.45, 7) is 4.16. The summed E-state index contributed by atoms with van der Waals surface area (Å²) in [6, 6.07) is 11.5. The molecule has 2 heterocycles. The molecule has 0 bridgehead atoms. The molecule has 0 aliphatic carbocycles. The van der Waals surface area contributed by atoms with Crippen LogP contribution in [0, 0.1) is 0 Å². The third kappa shape index (κ3) is 2.47. The number of carbonyl (C=O) groups excluding carboxylic acids is 1. The van der Waals surface area contributed by atoms with Gasteiger partial charge in [-0.3, -0.25) is 4.79 Å². The molecular weight excluding hydrogens is 266 g/mol. The Labute approximate surface area is 122 Å². The Morgan fingerprint density at radius 2 is 2.14 bits per heavy atom. The van der Waals surface area contributed by atoms with Crippen molar-refractivity contribution in [2.24, 2.45) is 0 Å². The summed E-state index contributed by atoms with van der Waals surface area (Å²) in [4.78, 5) is 13.4. The van der Waals surface area contributed by atoms with Gasteiger partial charge in [-0.15, -0.1) is 10.2 Å². The van der Waals surface area contributed by atoms with Gasteiger partial charge in [0, 0.05) is 24.7 Å². The lowest BCUT2D eigenvalue weighted by Gasteiger charge is -2.19. The lowest BCUT2D eigenvalue weighted by atomic mass is 10.1. The highest BCUT2D eigenvalue weighted by atomic mass is 16.2. The van der Waals surface area contributed by atoms with Crippen LogP contribution in [0.2, 0.25) is 0 Å². The molecule has 6 heteroatoms. The largest absolute Gasteiger partial charge is 0.313 e. The zero-order valence-electron chi connectivity index (χ0n) is 11.9. The second-order valence-corrected chi connectivity index (χ2v) is 4.67. The first-order chi connectivity index (χ1) is 10.2. The molecule has 0 saturated heterocycles. The highest BCUT2D eigenvalue weighted by Gasteiger charge is 2.10. The number of amides is 1. The van der Waals surface area contributed by atoms with E-state index >= 15 is 0 Å². The molecule has 106 valence electrons. The van der Waals surface area contributed by atoms with Crippen molar-refractivity contribution in [1.29, 1.82) is 0 Å². The number of rotatable bonds is 3. The first kappa shape index (κ1) is 13.2. The zero-order chi connectivity index (χ0) is 14.8. The average Bonchev–Trinajstić information content (AvgIpc) is 2.95. The van der Waals surface area contributed by atoms with Crippen LogP contribution in [0.25, 0.3) is 16.9 Å². The van der Waals surface area contributed by atoms with Gasteiger partial charge >= 0.3 is 0 Å². The number of hydrogen-bond acceptors (Lipinski definition) is 4. The van der Waals surface area contributed by atoms with Crippen molar-refractivity contribution in [1.82, 2.24) is 19.8 Å². The Morgan fingerprint density at radius 1 is 1.29 bits per heavy atom. The van der Waals surface area contributed by atoms with Crippen LogP contribution in [0.3, 0.4) is 0 Å². The van der Waals surface area contributed by atoms with E-state index in [0.29, 0.717) is 12.2 Å². The van der Waals surface area contributed by atoms with Gasteiger partial charge in [-0.1, -0.05) is 12.1 Å². The highest BCUT2D eigenvalue weighted by Crippen LogP contribution is 2.23. The Morgan fingerprint density at radius 3 is 2.90 bits per heavy atom. The van der Waals surface area contributed by atoms with Crippen LogP contribution >= 0.6 is 0 Å². The van der Waals surface area contributed by atoms with Gasteiger partial charge in [0.25, 0.3) is 0 Å². The smallest absolute Gasteiger partial charge is 0.223 e. The topological polar surface area (TPSA) is 63.4 Å². The predicted molar refractivity (Wildman–Crippen MR) is 79.9 cm³/mol. The van der Waals surface area contributed by atoms with Gasteiger partial charge in [0.2, 0.25) is 5.91 Å². The maximum atomic E-state index is 11.7. The highest BCUT2D eigenvalue weighted by molar-refractivity contribution is 5.92. The number of fused-ring (bicyclic) bond motifs is 1. The van der Waals surface area contributed by atoms with Gasteiger partial charge in [-0.05, 0) is 31.2 Å². The van der Waals surface area contributed by atoms with Gasteiger partial charge in [0.1, 0.15) is 6.33 Å². The summed E-state index contributed by atoms with van der Waals surface area (Å²) in [7, 11) is 0. The average molecular weight is 281 g/mol. The molecule has 0 aliphatic heterocycles. The van der Waals surface area contributed by atoms with Crippen molar-refractivity contribution in [2.45, 2.75) is 13.8 Å². The molecule has 2 aromatic heterocycles. The van der Waals surface area contributed by atoms with Gasteiger partial charge in [0.15, 0.2) is 5.65 Å². The van der Waals surface area contributed by atoms with E-state index in [0.717, 1.165) is 16.9 Å². The number of hydrogen-bond donors (Lipinski definition) is 0. The molecule has 0 atom stereocenters. The lowest BCUT2D eigenvalue weighted by molar-refractivity contribution is -0.116. The number of carbonyl (C=O) groups is 1. The maximum Gasteiger partial charge on any atom is 0.223 e. The number of anilines is 1. The third-order valence-corrected chi connectivity index (χ3v) is 3.31. The van der Waals surface area contributed by atoms with Crippen LogP contribution in [0.4, 0.5) is 5.69 Å². The quantitative estimate of drug-likeness (QED) is 0.738. The molecular formula is C15H15N5O. The van der Waals surface area contributed by atoms with Crippen LogP contribution in [0.5, 0.6) is 0 Å². The summed E-state index contributed by atoms with van der Waals surface area (Å²) in [5, 5.41) is 12.2. The van der Waals surface area contributed by atoms with Gasteiger partial charge in [-0.2, -0.15) is 9.61 Å². The fourth-order valence-electron chi connectivity index (χ4n) is 2.30. The summed E-state index contributed by atoms with van der Waals surface area (Å²) < 4.78 is 1.63. The van der Waals surface area contributed by atoms with Crippen molar-refractivity contribution in [3.63, 3.8) is 0 Å². The minimum absolute atomic E-state index is 0.0249. The van der Waals surface area contributed by atoms with E-state index in [-0.39, 0.29) is 5.91 Å². The molecule has 1 amide bonds. The van der Waals surface area contributed by atoms with E-state index in [9.17, 15) is 4.79 Å². The summed E-state index contributed by atoms with van der Waals surface area (Å²) in [6.07, 6.45) is 1.57. The van der Waals surface area contributed by atoms with Crippen LogP contribution in [0.15, 0.2) is 42.7 Å². The van der Waals surface area contributed by atoms with E-state index in [2.05, 4.69) is 15.3 Å². The Balaban J connectivity index is 2.04. The minimum Gasteiger partial charge on any atom is -0.313 e. The Kier molecular flexibility index (Phi) is 3.35. The molecule has 6 nitrogen and oxygen atoms in total. The van der Waals surface area contributed by atoms with E-state index in [1.54, 1.807) is 22.7 Å². The van der Waals surface area contributed by atoms with Gasteiger partial charge in [0.05, 0.1) is 5.69 Å². The fraction of sp³-hybridized carbons (Fsp3) is 0.200. The molecule has 1 aromatic carbocycles. The third-order valence-electron chi connectivity index (χ3n) is 3.31. The Bertz CT molecular complexity index is 795. The molecule has 0 aliphatic rings. The minimum atomic E-state index is 0.0249. The molecule has 0 unspecified atom stereocenters. The normalized spacial score (nSPS) is 10.8. The summed E-state index contributed by atoms with van der Waals surface area (Å²) >= 11 is 0. The molecule has 0 spiro atoms. The van der Waals surface area contributed by atoms with Crippen LogP contribution in [0.1, 0.15) is 13.8 Å². The van der Waals surface area contributed by atoms with Gasteiger partial charge in [-0.25, -0.2) is 0 Å². The molecule has 3 rings (SSSR count). The standard InChI is InChI=1S/C15H15N5O/c1-3-19(11(2)21)13-6-4-5-12(9-13)14-7-8-15-17-16-10-20(15)18-14/h4-10H,3H2,1-2H3. The summed E-state index contributed by atoms with van der Waals surface area (Å²) in [5.74, 6) is 0.0249. The first-order valence-corrected chi connectivity index (χ1v) is 6.74. The molecule has 0 N–H and O–H groups in total. The number of aromatic nitrogens is 4. The fourth-order valence-corrected chi connectivity index (χ4v) is 2.30. The van der Waals surface area contributed by atoms with Crippen molar-refractivity contribution in [2.75, 3.05) is 11.4 Å². The number of nitrogens with zero attached hydrogens (tertiary/aromatic N) is 5. The lowest BCUT2D eigenvalue weighted by Crippen LogP contribution is -2.27. The van der Waals surface area contributed by atoms with Crippen molar-refractivity contribution >= 4 is 17.2 Å². The molecule has 0 fully saturated rings. The molecule has 0 radical (unpaired) electrons. The SMILES string of the molecule is CCN(C(C)=O)c1cccc(-c2ccc3nncn3n2)c1. The summed E-state index contributed by atoms with van der Waals surface area (Å²) in [5.41, 5.74) is 3.33. The number of benzene rings is 1. The first-order valence-electron chi connectivity index (χ1n) is 6.74. The van der Waals surface area contributed by atoms with Crippen LogP contribution in [-0.2, 0) is 4.79 Å². The second kappa shape index (κ2) is 5.32. The molecule has 21 heavy (non-hydrogen) atoms. The van der Waals surface area contributed by atoms with Crippen LogP contribution in [-0.4, -0.2) is 32.3 Å². The Hall–Kier alpha value is -2.76. The van der Waals surface area contributed by atoms with Gasteiger partial charge < -0.3 is 4.90 Å². The zero-order valence-corrected chi connectivity index (χ0v) is 11.9. The second-order valence-electron chi connectivity index (χ2n) is 4.67. The van der Waals surface area contributed by atoms with E-state index in [1.807, 2.05) is 43.3 Å². The predicted octanol–water partition coefficient (Wildman–Crippen LogP) is 2.16. The van der Waals surface area contributed by atoms with Crippen LogP contribution < -0.4 is 4.90 Å². The van der Waals surface area contributed by atoms with E-state index in [1.165, 1.54) is 0 Å². The maximum absolute atomic E-state index is 11.7. The van der Waals surface area contributed by atoms with Crippen molar-refractivity contribution in [3.05, 3.63) is 42.7 Å². The molecule has 3 aromatic rings. The van der Waals surface area contributed by atoms with Crippen molar-refractivity contribution in [3.8, 4) is 11.3 Å². The van der Waals surface area contributed by atoms with E-state index < -0.39 is 0 Å². The monoisotopic (exact) mass is 281 g/mol. The van der Waals surface area contributed by atoms with Crippen molar-refractivity contribution < 1.29 is 4.79 Å². The van der Waals surface area contributed by atoms with E-state index in [4.69, 9.17) is 0 Å². The molecule has 0 saturated carbocycles.